The molecule has 0 spiro atoms. The smallest absolute Gasteiger partial charge is 0.228 e. The molecule has 1 aromatic heterocycles. The number of carbonyl (C=O) groups excluding carboxylic acids is 3. The van der Waals surface area contributed by atoms with E-state index < -0.39 is 17.4 Å². The number of hydrogen-bond donors (Lipinski definition) is 2. The first-order valence-electron chi connectivity index (χ1n) is 13.5. The molecule has 2 N–H and O–H groups in total. The van der Waals surface area contributed by atoms with Crippen molar-refractivity contribution in [3.63, 3.8) is 0 Å². The summed E-state index contributed by atoms with van der Waals surface area (Å²) < 4.78 is 5.05. The molecule has 8 nitrogen and oxygen atoms in total. The van der Waals surface area contributed by atoms with Gasteiger partial charge in [0.05, 0.1) is 11.5 Å². The first kappa shape index (κ1) is 26.0. The summed E-state index contributed by atoms with van der Waals surface area (Å²) in [6.45, 7) is 5.12. The van der Waals surface area contributed by atoms with Crippen molar-refractivity contribution in [2.45, 2.75) is 57.4 Å². The zero-order chi connectivity index (χ0) is 26.2. The van der Waals surface area contributed by atoms with E-state index in [4.69, 9.17) is 16.3 Å². The Kier molecular flexibility index (Phi) is 7.50. The van der Waals surface area contributed by atoms with Crippen LogP contribution in [-0.4, -0.2) is 72.4 Å². The molecule has 5 rings (SSSR count). The van der Waals surface area contributed by atoms with E-state index in [0.29, 0.717) is 44.0 Å². The van der Waals surface area contributed by atoms with Crippen LogP contribution in [0.15, 0.2) is 18.2 Å². The zero-order valence-corrected chi connectivity index (χ0v) is 22.5. The Hall–Kier alpha value is -2.58. The van der Waals surface area contributed by atoms with Gasteiger partial charge in [-0.1, -0.05) is 11.6 Å². The van der Waals surface area contributed by atoms with Crippen molar-refractivity contribution in [3.8, 4) is 0 Å². The van der Waals surface area contributed by atoms with Crippen LogP contribution >= 0.6 is 11.6 Å². The number of halogens is 1. The summed E-state index contributed by atoms with van der Waals surface area (Å²) >= 11 is 6.33. The number of ether oxygens (including phenoxy) is 1. The Labute approximate surface area is 223 Å². The van der Waals surface area contributed by atoms with Gasteiger partial charge < -0.3 is 24.8 Å². The molecule has 3 aliphatic rings. The summed E-state index contributed by atoms with van der Waals surface area (Å²) in [6.07, 6.45) is 4.99. The maximum atomic E-state index is 14.1. The average molecular weight is 529 g/mol. The molecule has 0 unspecified atom stereocenters. The second kappa shape index (κ2) is 10.7. The minimum Gasteiger partial charge on any atom is -0.385 e. The molecule has 0 aliphatic carbocycles. The largest absolute Gasteiger partial charge is 0.385 e. The van der Waals surface area contributed by atoms with Crippen molar-refractivity contribution in [3.05, 3.63) is 34.5 Å². The predicted octanol–water partition coefficient (Wildman–Crippen LogP) is 3.61. The number of piperidine rings is 2. The third kappa shape index (κ3) is 4.74. The number of rotatable bonds is 7. The summed E-state index contributed by atoms with van der Waals surface area (Å²) in [6, 6.07) is 5.79. The molecule has 3 aliphatic heterocycles. The van der Waals surface area contributed by atoms with Crippen LogP contribution in [0, 0.1) is 11.8 Å². The van der Waals surface area contributed by atoms with Crippen LogP contribution in [0.25, 0.3) is 10.9 Å². The van der Waals surface area contributed by atoms with Crippen molar-refractivity contribution in [1.82, 2.24) is 20.1 Å². The number of methoxy groups -OCH3 is 1. The molecule has 2 saturated heterocycles. The molecule has 0 bridgehead atoms. The fraction of sp³-hybridized carbons (Fsp3) is 0.607. The summed E-state index contributed by atoms with van der Waals surface area (Å²) in [5, 5.41) is 4.63. The lowest BCUT2D eigenvalue weighted by Gasteiger charge is -2.54. The van der Waals surface area contributed by atoms with Gasteiger partial charge in [0.25, 0.3) is 0 Å². The highest BCUT2D eigenvalue weighted by molar-refractivity contribution is 6.31. The van der Waals surface area contributed by atoms with Crippen molar-refractivity contribution in [2.24, 2.45) is 11.8 Å². The number of aromatic nitrogens is 1. The Balaban J connectivity index is 1.49. The molecule has 9 heteroatoms. The lowest BCUT2D eigenvalue weighted by atomic mass is 9.67. The number of amides is 3. The maximum Gasteiger partial charge on any atom is 0.228 e. The van der Waals surface area contributed by atoms with Crippen molar-refractivity contribution in [2.75, 3.05) is 39.9 Å². The highest BCUT2D eigenvalue weighted by atomic mass is 35.5. The molecule has 2 aromatic rings. The minimum absolute atomic E-state index is 0.0421. The summed E-state index contributed by atoms with van der Waals surface area (Å²) in [5.41, 5.74) is 2.22. The van der Waals surface area contributed by atoms with E-state index in [1.54, 1.807) is 7.11 Å². The standard InChI is InChI=1S/C28H37ClN4O4/c1-28-22(27(36)32-11-4-3-5-12-32)15-18(16-24(34)30-10-6-14-37-2)26(35)33(28)13-9-20-21-17-19(29)7-8-23(21)31-25(20)28/h7-8,17-18,22,31H,3-6,9-16H2,1-2H3,(H,30,34)/t18-,22-,28+/m1/s1. The number of likely N-dealkylation sites (tertiary alicyclic amines) is 1. The summed E-state index contributed by atoms with van der Waals surface area (Å²) in [4.78, 5) is 48.2. The van der Waals surface area contributed by atoms with Gasteiger partial charge >= 0.3 is 0 Å². The molecular weight excluding hydrogens is 492 g/mol. The maximum absolute atomic E-state index is 14.1. The van der Waals surface area contributed by atoms with Crippen LogP contribution in [0.5, 0.6) is 0 Å². The van der Waals surface area contributed by atoms with E-state index in [1.807, 2.05) is 34.9 Å². The van der Waals surface area contributed by atoms with Gasteiger partial charge in [0.1, 0.15) is 0 Å². The molecule has 37 heavy (non-hydrogen) atoms. The Morgan fingerprint density at radius 2 is 2.00 bits per heavy atom. The quantitative estimate of drug-likeness (QED) is 0.537. The zero-order valence-electron chi connectivity index (χ0n) is 21.8. The van der Waals surface area contributed by atoms with Crippen LogP contribution in [0.3, 0.4) is 0 Å². The SMILES string of the molecule is COCCCNC(=O)C[C@H]1C[C@H](C(=O)N2CCCCC2)[C@@]2(C)c3[nH]c4ccc(Cl)cc4c3CCN2C1=O. The summed E-state index contributed by atoms with van der Waals surface area (Å²) in [5.74, 6) is -1.05. The first-order chi connectivity index (χ1) is 17.8. The van der Waals surface area contributed by atoms with E-state index in [-0.39, 0.29) is 24.1 Å². The Morgan fingerprint density at radius 3 is 2.76 bits per heavy atom. The number of aromatic amines is 1. The highest BCUT2D eigenvalue weighted by Gasteiger charge is 2.57. The van der Waals surface area contributed by atoms with Crippen molar-refractivity contribution >= 4 is 40.2 Å². The van der Waals surface area contributed by atoms with Crippen LogP contribution in [-0.2, 0) is 31.1 Å². The first-order valence-corrected chi connectivity index (χ1v) is 13.9. The van der Waals surface area contributed by atoms with Gasteiger partial charge in [-0.25, -0.2) is 0 Å². The third-order valence-electron chi connectivity index (χ3n) is 8.58. The number of H-pyrrole nitrogens is 1. The number of benzene rings is 1. The minimum atomic E-state index is -0.809. The summed E-state index contributed by atoms with van der Waals surface area (Å²) in [7, 11) is 1.63. The molecule has 4 heterocycles. The van der Waals surface area contributed by atoms with Crippen LogP contribution in [0.1, 0.15) is 56.7 Å². The van der Waals surface area contributed by atoms with Crippen molar-refractivity contribution in [1.29, 1.82) is 0 Å². The fourth-order valence-corrected chi connectivity index (χ4v) is 6.80. The van der Waals surface area contributed by atoms with E-state index >= 15 is 0 Å². The number of fused-ring (bicyclic) bond motifs is 5. The van der Waals surface area contributed by atoms with Gasteiger partial charge in [-0.15, -0.1) is 0 Å². The number of hydrogen-bond acceptors (Lipinski definition) is 4. The van der Waals surface area contributed by atoms with Gasteiger partial charge in [-0.3, -0.25) is 14.4 Å². The van der Waals surface area contributed by atoms with E-state index in [2.05, 4.69) is 10.3 Å². The van der Waals surface area contributed by atoms with Gasteiger partial charge in [-0.05, 0) is 69.2 Å². The second-order valence-electron chi connectivity index (χ2n) is 10.8. The average Bonchev–Trinajstić information content (AvgIpc) is 3.27. The number of nitrogens with zero attached hydrogens (tertiary/aromatic N) is 2. The van der Waals surface area contributed by atoms with Gasteiger partial charge in [0.2, 0.25) is 17.7 Å². The lowest BCUT2D eigenvalue weighted by Crippen LogP contribution is -2.64. The second-order valence-corrected chi connectivity index (χ2v) is 11.3. The molecular formula is C28H37ClN4O4. The van der Waals surface area contributed by atoms with Crippen LogP contribution < -0.4 is 5.32 Å². The van der Waals surface area contributed by atoms with E-state index in [9.17, 15) is 14.4 Å². The molecule has 2 fully saturated rings. The third-order valence-corrected chi connectivity index (χ3v) is 8.81. The van der Waals surface area contributed by atoms with E-state index in [1.165, 1.54) is 0 Å². The monoisotopic (exact) mass is 528 g/mol. The molecule has 3 amide bonds. The van der Waals surface area contributed by atoms with Gasteiger partial charge in [-0.2, -0.15) is 0 Å². The Morgan fingerprint density at radius 1 is 1.22 bits per heavy atom. The number of nitrogens with one attached hydrogen (secondary N) is 2. The van der Waals surface area contributed by atoms with Crippen LogP contribution in [0.4, 0.5) is 0 Å². The normalized spacial score (nSPS) is 25.6. The molecule has 1 aromatic carbocycles. The fourth-order valence-electron chi connectivity index (χ4n) is 6.63. The van der Waals surface area contributed by atoms with Gasteiger partial charge in [0.15, 0.2) is 0 Å². The highest BCUT2D eigenvalue weighted by Crippen LogP contribution is 2.50. The molecule has 0 saturated carbocycles. The van der Waals surface area contributed by atoms with Crippen LogP contribution in [0.2, 0.25) is 5.02 Å². The van der Waals surface area contributed by atoms with Crippen molar-refractivity contribution < 1.29 is 19.1 Å². The number of carbonyl (C=O) groups is 3. The lowest BCUT2D eigenvalue weighted by molar-refractivity contribution is -0.164. The van der Waals surface area contributed by atoms with Gasteiger partial charge in [0, 0.05) is 73.9 Å². The molecule has 3 atom stereocenters. The van der Waals surface area contributed by atoms with E-state index in [0.717, 1.165) is 54.5 Å². The topological polar surface area (TPSA) is 94.7 Å². The Bertz CT molecular complexity index is 1190. The predicted molar refractivity (Wildman–Crippen MR) is 142 cm³/mol. The molecule has 200 valence electrons. The molecule has 0 radical (unpaired) electrons.